The lowest BCUT2D eigenvalue weighted by Crippen LogP contribution is -2.07. The molecule has 2 aromatic carbocycles. The molecule has 0 aliphatic rings. The molecule has 0 saturated carbocycles. The van der Waals surface area contributed by atoms with Gasteiger partial charge in [0.1, 0.15) is 17.3 Å². The Morgan fingerprint density at radius 3 is 2.38 bits per heavy atom. The van der Waals surface area contributed by atoms with Gasteiger partial charge in [-0.2, -0.15) is 0 Å². The third kappa shape index (κ3) is 4.27. The maximum Gasteiger partial charge on any atom is 0.379 e. The summed E-state index contributed by atoms with van der Waals surface area (Å²) in [5.74, 6) is -0.924. The van der Waals surface area contributed by atoms with Crippen LogP contribution >= 0.6 is 23.2 Å². The van der Waals surface area contributed by atoms with E-state index in [-0.39, 0.29) is 32.9 Å². The minimum Gasteiger partial charge on any atom is -0.453 e. The van der Waals surface area contributed by atoms with Gasteiger partial charge in [0.15, 0.2) is 9.84 Å². The van der Waals surface area contributed by atoms with E-state index in [2.05, 4.69) is 0 Å². The second-order valence-corrected chi connectivity index (χ2v) is 8.11. The standard InChI is InChI=1S/C18H12Cl2O5S/c19-15-8-6-12(10-16(15)20)25-18(21)17-9-7-13(24-17)11-26(22,23)14-4-2-1-3-5-14/h1-10H,11H2. The van der Waals surface area contributed by atoms with Gasteiger partial charge in [-0.3, -0.25) is 0 Å². The Morgan fingerprint density at radius 2 is 1.69 bits per heavy atom. The topological polar surface area (TPSA) is 73.6 Å². The molecule has 1 heterocycles. The molecule has 0 unspecified atom stereocenters. The Hall–Kier alpha value is -2.28. The third-order valence-corrected chi connectivity index (χ3v) is 5.79. The number of halogens is 2. The number of carbonyl (C=O) groups is 1. The van der Waals surface area contributed by atoms with Crippen molar-refractivity contribution < 1.29 is 22.4 Å². The number of carbonyl (C=O) groups excluding carboxylic acids is 1. The van der Waals surface area contributed by atoms with E-state index in [1.165, 1.54) is 42.5 Å². The van der Waals surface area contributed by atoms with E-state index in [1.54, 1.807) is 18.2 Å². The van der Waals surface area contributed by atoms with E-state index in [4.69, 9.17) is 32.4 Å². The number of rotatable bonds is 5. The van der Waals surface area contributed by atoms with Gasteiger partial charge in [0, 0.05) is 6.07 Å². The number of sulfone groups is 1. The van der Waals surface area contributed by atoms with Gasteiger partial charge in [-0.1, -0.05) is 41.4 Å². The summed E-state index contributed by atoms with van der Waals surface area (Å²) in [4.78, 5) is 12.3. The monoisotopic (exact) mass is 410 g/mol. The van der Waals surface area contributed by atoms with Crippen molar-refractivity contribution in [2.45, 2.75) is 10.6 Å². The van der Waals surface area contributed by atoms with E-state index < -0.39 is 15.8 Å². The smallest absolute Gasteiger partial charge is 0.379 e. The van der Waals surface area contributed by atoms with Crippen LogP contribution in [0.2, 0.25) is 10.0 Å². The molecule has 134 valence electrons. The van der Waals surface area contributed by atoms with Crippen LogP contribution in [0.25, 0.3) is 0 Å². The highest BCUT2D eigenvalue weighted by molar-refractivity contribution is 7.90. The summed E-state index contributed by atoms with van der Waals surface area (Å²) in [5, 5.41) is 0.573. The molecule has 8 heteroatoms. The molecule has 0 atom stereocenters. The number of ether oxygens (including phenoxy) is 1. The minimum atomic E-state index is -3.57. The largest absolute Gasteiger partial charge is 0.453 e. The quantitative estimate of drug-likeness (QED) is 0.446. The Balaban J connectivity index is 1.73. The first-order valence-corrected chi connectivity index (χ1v) is 9.80. The molecule has 5 nitrogen and oxygen atoms in total. The number of hydrogen-bond acceptors (Lipinski definition) is 5. The number of hydrogen-bond donors (Lipinski definition) is 0. The zero-order chi connectivity index (χ0) is 18.7. The maximum atomic E-state index is 12.3. The Kier molecular flexibility index (Phi) is 5.36. The normalized spacial score (nSPS) is 11.3. The van der Waals surface area contributed by atoms with Crippen LogP contribution in [-0.4, -0.2) is 14.4 Å². The number of esters is 1. The van der Waals surface area contributed by atoms with Crippen LogP contribution in [0.15, 0.2) is 70.0 Å². The van der Waals surface area contributed by atoms with Crippen LogP contribution in [0.3, 0.4) is 0 Å². The predicted octanol–water partition coefficient (Wildman–Crippen LogP) is 4.78. The molecule has 0 spiro atoms. The van der Waals surface area contributed by atoms with Crippen molar-refractivity contribution in [1.82, 2.24) is 0 Å². The van der Waals surface area contributed by atoms with Crippen LogP contribution in [0.1, 0.15) is 16.3 Å². The maximum absolute atomic E-state index is 12.3. The first kappa shape index (κ1) is 18.5. The average Bonchev–Trinajstić information content (AvgIpc) is 3.07. The molecule has 3 aromatic rings. The van der Waals surface area contributed by atoms with Gasteiger partial charge in [-0.15, -0.1) is 0 Å². The first-order valence-electron chi connectivity index (χ1n) is 7.39. The predicted molar refractivity (Wildman–Crippen MR) is 97.5 cm³/mol. The highest BCUT2D eigenvalue weighted by Gasteiger charge is 2.20. The van der Waals surface area contributed by atoms with Crippen molar-refractivity contribution >= 4 is 39.0 Å². The highest BCUT2D eigenvalue weighted by atomic mass is 35.5. The van der Waals surface area contributed by atoms with Gasteiger partial charge in [-0.05, 0) is 36.4 Å². The van der Waals surface area contributed by atoms with Crippen LogP contribution in [0.5, 0.6) is 5.75 Å². The summed E-state index contributed by atoms with van der Waals surface area (Å²) in [6.07, 6.45) is 0. The van der Waals surface area contributed by atoms with Crippen molar-refractivity contribution in [1.29, 1.82) is 0 Å². The Labute approximate surface area is 160 Å². The molecular formula is C18H12Cl2O5S. The zero-order valence-electron chi connectivity index (χ0n) is 13.2. The molecule has 0 amide bonds. The molecule has 0 fully saturated rings. The lowest BCUT2D eigenvalue weighted by molar-refractivity contribution is 0.0699. The fourth-order valence-electron chi connectivity index (χ4n) is 2.16. The van der Waals surface area contributed by atoms with Crippen molar-refractivity contribution in [3.63, 3.8) is 0 Å². The van der Waals surface area contributed by atoms with Crippen LogP contribution in [0.4, 0.5) is 0 Å². The summed E-state index contributed by atoms with van der Waals surface area (Å²) in [5.41, 5.74) is 0. The second kappa shape index (κ2) is 7.53. The van der Waals surface area contributed by atoms with Crippen LogP contribution < -0.4 is 4.74 Å². The van der Waals surface area contributed by atoms with Gasteiger partial charge in [0.05, 0.1) is 14.9 Å². The summed E-state index contributed by atoms with van der Waals surface area (Å²) >= 11 is 11.7. The number of benzene rings is 2. The lowest BCUT2D eigenvalue weighted by Gasteiger charge is -2.04. The van der Waals surface area contributed by atoms with Crippen LogP contribution in [-0.2, 0) is 15.6 Å². The molecule has 0 aliphatic heterocycles. The summed E-state index contributed by atoms with van der Waals surface area (Å²) in [6, 6.07) is 15.1. The third-order valence-electron chi connectivity index (χ3n) is 3.40. The lowest BCUT2D eigenvalue weighted by atomic mass is 10.3. The highest BCUT2D eigenvalue weighted by Crippen LogP contribution is 2.27. The summed E-state index contributed by atoms with van der Waals surface area (Å²) in [6.45, 7) is 0. The average molecular weight is 411 g/mol. The van der Waals surface area contributed by atoms with Crippen molar-refractivity contribution in [2.75, 3.05) is 0 Å². The van der Waals surface area contributed by atoms with Gasteiger partial charge >= 0.3 is 5.97 Å². The zero-order valence-corrected chi connectivity index (χ0v) is 15.5. The molecule has 26 heavy (non-hydrogen) atoms. The Morgan fingerprint density at radius 1 is 0.962 bits per heavy atom. The van der Waals surface area contributed by atoms with E-state index >= 15 is 0 Å². The van der Waals surface area contributed by atoms with Crippen molar-refractivity contribution in [2.24, 2.45) is 0 Å². The molecule has 0 aliphatic carbocycles. The van der Waals surface area contributed by atoms with Gasteiger partial charge in [0.25, 0.3) is 0 Å². The van der Waals surface area contributed by atoms with Crippen molar-refractivity contribution in [3.05, 3.63) is 82.2 Å². The fraction of sp³-hybridized carbons (Fsp3) is 0.0556. The molecular weight excluding hydrogens is 399 g/mol. The molecule has 0 N–H and O–H groups in total. The van der Waals surface area contributed by atoms with Gasteiger partial charge < -0.3 is 9.15 Å². The van der Waals surface area contributed by atoms with Crippen molar-refractivity contribution in [3.8, 4) is 5.75 Å². The van der Waals surface area contributed by atoms with Crippen LogP contribution in [0, 0.1) is 0 Å². The van der Waals surface area contributed by atoms with E-state index in [1.807, 2.05) is 0 Å². The van der Waals surface area contributed by atoms with E-state index in [9.17, 15) is 13.2 Å². The van der Waals surface area contributed by atoms with Gasteiger partial charge in [-0.25, -0.2) is 13.2 Å². The number of furan rings is 1. The van der Waals surface area contributed by atoms with E-state index in [0.29, 0.717) is 5.02 Å². The second-order valence-electron chi connectivity index (χ2n) is 5.30. The van der Waals surface area contributed by atoms with Gasteiger partial charge in [0.2, 0.25) is 5.76 Å². The molecule has 3 rings (SSSR count). The molecule has 0 radical (unpaired) electrons. The first-order chi connectivity index (χ1) is 12.3. The molecule has 0 saturated heterocycles. The summed E-state index contributed by atoms with van der Waals surface area (Å²) in [7, 11) is -3.57. The molecule has 0 bridgehead atoms. The Bertz CT molecular complexity index is 1040. The fourth-order valence-corrected chi connectivity index (χ4v) is 3.72. The molecule has 1 aromatic heterocycles. The summed E-state index contributed by atoms with van der Waals surface area (Å²) < 4.78 is 35.1. The SMILES string of the molecule is O=C(Oc1ccc(Cl)c(Cl)c1)c1ccc(CS(=O)(=O)c2ccccc2)o1. The minimum absolute atomic E-state index is 0.116. The van der Waals surface area contributed by atoms with E-state index in [0.717, 1.165) is 0 Å².